The van der Waals surface area contributed by atoms with Crippen LogP contribution in [0.4, 0.5) is 16.0 Å². The molecule has 1 saturated heterocycles. The first kappa shape index (κ1) is 20.6. The highest BCUT2D eigenvalue weighted by molar-refractivity contribution is 5.84. The third-order valence-electron chi connectivity index (χ3n) is 5.69. The monoisotopic (exact) mass is 422 g/mol. The molecular formula is C22H23FN6O2. The molecule has 1 fully saturated rings. The maximum absolute atomic E-state index is 13.3. The molecule has 1 atom stereocenters. The molecule has 0 amide bonds. The van der Waals surface area contributed by atoms with Crippen molar-refractivity contribution in [2.24, 2.45) is 0 Å². The van der Waals surface area contributed by atoms with Crippen LogP contribution in [0.15, 0.2) is 36.7 Å². The molecule has 3 heterocycles. The fourth-order valence-electron chi connectivity index (χ4n) is 3.85. The average Bonchev–Trinajstić information content (AvgIpc) is 2.76. The van der Waals surface area contributed by atoms with E-state index in [2.05, 4.69) is 36.9 Å². The van der Waals surface area contributed by atoms with Gasteiger partial charge in [0.05, 0.1) is 18.1 Å². The molecule has 8 nitrogen and oxygen atoms in total. The molecular weight excluding hydrogens is 399 g/mol. The van der Waals surface area contributed by atoms with Crippen LogP contribution in [0.25, 0.3) is 11.3 Å². The maximum Gasteiger partial charge on any atom is 0.356 e. The average molecular weight is 422 g/mol. The highest BCUT2D eigenvalue weighted by Gasteiger charge is 2.27. The third-order valence-corrected chi connectivity index (χ3v) is 5.69. The quantitative estimate of drug-likeness (QED) is 0.685. The number of hydrogen-bond acceptors (Lipinski definition) is 7. The van der Waals surface area contributed by atoms with Crippen LogP contribution in [-0.2, 0) is 0 Å². The Labute approximate surface area is 179 Å². The van der Waals surface area contributed by atoms with E-state index < -0.39 is 5.97 Å². The number of carbonyl (C=O) groups is 1. The molecule has 0 bridgehead atoms. The van der Waals surface area contributed by atoms with Gasteiger partial charge in [-0.05, 0) is 56.2 Å². The Bertz CT molecular complexity index is 1100. The second-order valence-electron chi connectivity index (χ2n) is 7.68. The smallest absolute Gasteiger partial charge is 0.356 e. The zero-order chi connectivity index (χ0) is 22.1. The minimum absolute atomic E-state index is 0.0716. The van der Waals surface area contributed by atoms with Crippen LogP contribution >= 0.6 is 0 Å². The largest absolute Gasteiger partial charge is 0.476 e. The molecule has 2 aromatic heterocycles. The number of halogens is 1. The number of carboxylic acids is 1. The first-order valence-corrected chi connectivity index (χ1v) is 10.0. The van der Waals surface area contributed by atoms with E-state index in [0.29, 0.717) is 18.9 Å². The molecule has 0 unspecified atom stereocenters. The van der Waals surface area contributed by atoms with Crippen LogP contribution in [0, 0.1) is 19.7 Å². The highest BCUT2D eigenvalue weighted by Crippen LogP contribution is 2.29. The first-order chi connectivity index (χ1) is 14.8. The Morgan fingerprint density at radius 2 is 1.81 bits per heavy atom. The second kappa shape index (κ2) is 8.25. The van der Waals surface area contributed by atoms with E-state index in [-0.39, 0.29) is 17.6 Å². The van der Waals surface area contributed by atoms with Gasteiger partial charge in [-0.25, -0.2) is 19.2 Å². The summed E-state index contributed by atoms with van der Waals surface area (Å²) in [6.07, 6.45) is 2.78. The number of aromatic nitrogens is 4. The Morgan fingerprint density at radius 1 is 1.06 bits per heavy atom. The van der Waals surface area contributed by atoms with Crippen molar-refractivity contribution in [1.82, 2.24) is 20.2 Å². The van der Waals surface area contributed by atoms with E-state index in [1.807, 2.05) is 13.8 Å². The predicted molar refractivity (Wildman–Crippen MR) is 115 cm³/mol. The SMILES string of the molecule is Cc1c(-c2ccc(F)cc2)nnc(N2CCN(c3cnc(C(=O)O)cn3)[C@H](C)C2)c1C. The number of hydrogen-bond donors (Lipinski definition) is 1. The topological polar surface area (TPSA) is 95.3 Å². The Morgan fingerprint density at radius 3 is 2.42 bits per heavy atom. The van der Waals surface area contributed by atoms with Crippen molar-refractivity contribution in [3.05, 3.63) is 59.3 Å². The minimum Gasteiger partial charge on any atom is -0.476 e. The van der Waals surface area contributed by atoms with Crippen LogP contribution in [0.5, 0.6) is 0 Å². The number of rotatable bonds is 4. The van der Waals surface area contributed by atoms with E-state index >= 15 is 0 Å². The lowest BCUT2D eigenvalue weighted by atomic mass is 10.0. The van der Waals surface area contributed by atoms with Crippen molar-refractivity contribution >= 4 is 17.6 Å². The summed E-state index contributed by atoms with van der Waals surface area (Å²) in [4.78, 5) is 23.5. The van der Waals surface area contributed by atoms with Gasteiger partial charge in [0.2, 0.25) is 0 Å². The van der Waals surface area contributed by atoms with Crippen LogP contribution in [0.2, 0.25) is 0 Å². The molecule has 0 spiro atoms. The molecule has 1 aliphatic heterocycles. The Kier molecular flexibility index (Phi) is 5.50. The summed E-state index contributed by atoms with van der Waals surface area (Å²) in [6.45, 7) is 8.25. The molecule has 31 heavy (non-hydrogen) atoms. The lowest BCUT2D eigenvalue weighted by Crippen LogP contribution is -2.53. The fourth-order valence-corrected chi connectivity index (χ4v) is 3.85. The number of piperazine rings is 1. The van der Waals surface area contributed by atoms with Crippen molar-refractivity contribution in [3.63, 3.8) is 0 Å². The number of anilines is 2. The van der Waals surface area contributed by atoms with Gasteiger partial charge in [0.1, 0.15) is 11.6 Å². The standard InChI is InChI=1S/C22H23FN6O2/c1-13-12-28(8-9-29(13)19-11-24-18(10-25-19)22(30)31)21-15(3)14(2)20(26-27-21)16-4-6-17(23)7-5-16/h4-7,10-11,13H,8-9,12H2,1-3H3,(H,30,31)/t13-/m1/s1. The normalized spacial score (nSPS) is 16.5. The van der Waals surface area contributed by atoms with E-state index in [9.17, 15) is 9.18 Å². The van der Waals surface area contributed by atoms with Crippen LogP contribution in [-0.4, -0.2) is 56.9 Å². The summed E-state index contributed by atoms with van der Waals surface area (Å²) < 4.78 is 13.3. The molecule has 4 rings (SSSR count). The van der Waals surface area contributed by atoms with Gasteiger partial charge in [-0.2, -0.15) is 0 Å². The highest BCUT2D eigenvalue weighted by atomic mass is 19.1. The van der Waals surface area contributed by atoms with Crippen molar-refractivity contribution < 1.29 is 14.3 Å². The van der Waals surface area contributed by atoms with Gasteiger partial charge in [-0.3, -0.25) is 0 Å². The molecule has 0 radical (unpaired) electrons. The van der Waals surface area contributed by atoms with Gasteiger partial charge in [0, 0.05) is 31.2 Å². The van der Waals surface area contributed by atoms with E-state index in [4.69, 9.17) is 5.11 Å². The van der Waals surface area contributed by atoms with Gasteiger partial charge >= 0.3 is 5.97 Å². The van der Waals surface area contributed by atoms with Crippen LogP contribution in [0.3, 0.4) is 0 Å². The zero-order valence-corrected chi connectivity index (χ0v) is 17.6. The molecule has 0 aliphatic carbocycles. The van der Waals surface area contributed by atoms with Gasteiger partial charge in [0.25, 0.3) is 0 Å². The predicted octanol–water partition coefficient (Wildman–Crippen LogP) is 3.10. The van der Waals surface area contributed by atoms with Crippen LogP contribution in [0.1, 0.15) is 28.5 Å². The summed E-state index contributed by atoms with van der Waals surface area (Å²) in [5, 5.41) is 17.9. The summed E-state index contributed by atoms with van der Waals surface area (Å²) in [7, 11) is 0. The molecule has 1 aliphatic rings. The third kappa shape index (κ3) is 4.03. The van der Waals surface area contributed by atoms with Crippen molar-refractivity contribution in [3.8, 4) is 11.3 Å². The van der Waals surface area contributed by atoms with Crippen LogP contribution < -0.4 is 9.80 Å². The van der Waals surface area contributed by atoms with Gasteiger partial charge < -0.3 is 14.9 Å². The molecule has 9 heteroatoms. The Balaban J connectivity index is 1.53. The van der Waals surface area contributed by atoms with E-state index in [0.717, 1.165) is 34.7 Å². The molecule has 1 aromatic carbocycles. The molecule has 160 valence electrons. The summed E-state index contributed by atoms with van der Waals surface area (Å²) in [5.41, 5.74) is 3.57. The van der Waals surface area contributed by atoms with Crippen molar-refractivity contribution in [2.45, 2.75) is 26.8 Å². The van der Waals surface area contributed by atoms with Gasteiger partial charge in [0.15, 0.2) is 11.5 Å². The fraction of sp³-hybridized carbons (Fsp3) is 0.318. The molecule has 0 saturated carbocycles. The lowest BCUT2D eigenvalue weighted by Gasteiger charge is -2.41. The molecule has 1 N–H and O–H groups in total. The minimum atomic E-state index is -1.09. The second-order valence-corrected chi connectivity index (χ2v) is 7.68. The number of aromatic carboxylic acids is 1. The Hall–Kier alpha value is -3.62. The maximum atomic E-state index is 13.3. The van der Waals surface area contributed by atoms with E-state index in [1.54, 1.807) is 12.1 Å². The van der Waals surface area contributed by atoms with Gasteiger partial charge in [-0.15, -0.1) is 10.2 Å². The van der Waals surface area contributed by atoms with Crippen molar-refractivity contribution in [1.29, 1.82) is 0 Å². The number of benzene rings is 1. The van der Waals surface area contributed by atoms with E-state index in [1.165, 1.54) is 24.5 Å². The molecule has 3 aromatic rings. The summed E-state index contributed by atoms with van der Waals surface area (Å²) in [5.74, 6) is 0.118. The first-order valence-electron chi connectivity index (χ1n) is 10.0. The number of nitrogens with zero attached hydrogens (tertiary/aromatic N) is 6. The summed E-state index contributed by atoms with van der Waals surface area (Å²) >= 11 is 0. The van der Waals surface area contributed by atoms with Crippen molar-refractivity contribution in [2.75, 3.05) is 29.4 Å². The number of carboxylic acid groups (broad SMARTS) is 1. The van der Waals surface area contributed by atoms with Gasteiger partial charge in [-0.1, -0.05) is 0 Å². The summed E-state index contributed by atoms with van der Waals surface area (Å²) in [6, 6.07) is 6.39. The zero-order valence-electron chi connectivity index (χ0n) is 17.6. The lowest BCUT2D eigenvalue weighted by molar-refractivity contribution is 0.0690.